The molecular weight excluding hydrogens is 242 g/mol. The molecular formula is C14H19N3S. The van der Waals surface area contributed by atoms with Crippen molar-refractivity contribution >= 4 is 11.3 Å². The minimum Gasteiger partial charge on any atom is -0.310 e. The van der Waals surface area contributed by atoms with E-state index in [1.54, 1.807) is 11.3 Å². The number of nitrogens with zero attached hydrogens (tertiary/aromatic N) is 2. The van der Waals surface area contributed by atoms with E-state index in [1.807, 2.05) is 25.4 Å². The fraction of sp³-hybridized carbons (Fsp3) is 0.429. The Morgan fingerprint density at radius 2 is 2.33 bits per heavy atom. The van der Waals surface area contributed by atoms with Gasteiger partial charge in [0.1, 0.15) is 0 Å². The van der Waals surface area contributed by atoms with E-state index in [4.69, 9.17) is 0 Å². The van der Waals surface area contributed by atoms with Gasteiger partial charge in [0, 0.05) is 30.2 Å². The predicted octanol–water partition coefficient (Wildman–Crippen LogP) is 3.13. The summed E-state index contributed by atoms with van der Waals surface area (Å²) in [7, 11) is 0. The maximum absolute atomic E-state index is 4.54. The Hall–Kier alpha value is -1.26. The minimum atomic E-state index is 0.306. The maximum Gasteiger partial charge on any atom is 0.0897 e. The number of pyridine rings is 1. The van der Waals surface area contributed by atoms with E-state index in [2.05, 4.69) is 33.7 Å². The van der Waals surface area contributed by atoms with Gasteiger partial charge in [0.2, 0.25) is 0 Å². The van der Waals surface area contributed by atoms with Gasteiger partial charge in [-0.3, -0.25) is 4.98 Å². The van der Waals surface area contributed by atoms with Crippen LogP contribution in [0.25, 0.3) is 0 Å². The van der Waals surface area contributed by atoms with Crippen molar-refractivity contribution in [2.24, 2.45) is 0 Å². The highest BCUT2D eigenvalue weighted by atomic mass is 32.1. The average molecular weight is 261 g/mol. The Morgan fingerprint density at radius 1 is 1.44 bits per heavy atom. The van der Waals surface area contributed by atoms with E-state index in [9.17, 15) is 0 Å². The number of thiazole rings is 1. The highest BCUT2D eigenvalue weighted by molar-refractivity contribution is 7.09. The molecule has 0 aliphatic carbocycles. The van der Waals surface area contributed by atoms with Crippen LogP contribution in [0, 0.1) is 6.92 Å². The molecule has 0 saturated heterocycles. The van der Waals surface area contributed by atoms with Crippen molar-refractivity contribution in [3.63, 3.8) is 0 Å². The van der Waals surface area contributed by atoms with Gasteiger partial charge in [-0.15, -0.1) is 11.3 Å². The van der Waals surface area contributed by atoms with Crippen molar-refractivity contribution in [1.82, 2.24) is 15.3 Å². The van der Waals surface area contributed by atoms with Crippen LogP contribution >= 0.6 is 11.3 Å². The zero-order valence-corrected chi connectivity index (χ0v) is 11.7. The van der Waals surface area contributed by atoms with Crippen LogP contribution < -0.4 is 5.32 Å². The smallest absolute Gasteiger partial charge is 0.0897 e. The molecule has 0 saturated carbocycles. The first-order valence-electron chi connectivity index (χ1n) is 6.34. The number of rotatable bonds is 6. The summed E-state index contributed by atoms with van der Waals surface area (Å²) in [5, 5.41) is 6.84. The number of hydrogen-bond acceptors (Lipinski definition) is 4. The lowest BCUT2D eigenvalue weighted by molar-refractivity contribution is 0.524. The Morgan fingerprint density at radius 3 is 2.94 bits per heavy atom. The highest BCUT2D eigenvalue weighted by Gasteiger charge is 2.13. The molecule has 18 heavy (non-hydrogen) atoms. The van der Waals surface area contributed by atoms with Crippen molar-refractivity contribution in [2.75, 3.05) is 6.54 Å². The average Bonchev–Trinajstić information content (AvgIpc) is 2.81. The topological polar surface area (TPSA) is 37.8 Å². The van der Waals surface area contributed by atoms with Crippen LogP contribution in [-0.2, 0) is 6.42 Å². The van der Waals surface area contributed by atoms with Gasteiger partial charge in [0.15, 0.2) is 0 Å². The third kappa shape index (κ3) is 3.62. The Bertz CT molecular complexity index is 467. The first-order chi connectivity index (χ1) is 8.79. The fourth-order valence-corrected chi connectivity index (χ4v) is 2.55. The zero-order chi connectivity index (χ0) is 12.8. The first kappa shape index (κ1) is 13.2. The van der Waals surface area contributed by atoms with Crippen molar-refractivity contribution in [3.05, 3.63) is 46.2 Å². The standard InChI is InChI=1S/C14H19N3S/c1-3-6-16-14(12-5-4-7-15-9-12)8-13-10-18-11(2)17-13/h4-5,7,9-10,14,16H,3,6,8H2,1-2H3. The van der Waals surface area contributed by atoms with Crippen molar-refractivity contribution in [3.8, 4) is 0 Å². The molecule has 0 bridgehead atoms. The van der Waals surface area contributed by atoms with Crippen LogP contribution in [0.4, 0.5) is 0 Å². The van der Waals surface area contributed by atoms with Crippen molar-refractivity contribution < 1.29 is 0 Å². The lowest BCUT2D eigenvalue weighted by Gasteiger charge is -2.17. The molecule has 0 spiro atoms. The zero-order valence-electron chi connectivity index (χ0n) is 10.9. The van der Waals surface area contributed by atoms with Gasteiger partial charge in [-0.2, -0.15) is 0 Å². The fourth-order valence-electron chi connectivity index (χ4n) is 1.92. The molecule has 0 aliphatic rings. The van der Waals surface area contributed by atoms with Gasteiger partial charge in [-0.1, -0.05) is 13.0 Å². The lowest BCUT2D eigenvalue weighted by Crippen LogP contribution is -2.24. The number of hydrogen-bond donors (Lipinski definition) is 1. The molecule has 3 nitrogen and oxygen atoms in total. The Kier molecular flexibility index (Phi) is 4.84. The molecule has 0 fully saturated rings. The minimum absolute atomic E-state index is 0.306. The number of aromatic nitrogens is 2. The summed E-state index contributed by atoms with van der Waals surface area (Å²) in [6.45, 7) is 5.25. The molecule has 0 amide bonds. The molecule has 0 aromatic carbocycles. The van der Waals surface area contributed by atoms with Crippen molar-refractivity contribution in [2.45, 2.75) is 32.7 Å². The summed E-state index contributed by atoms with van der Waals surface area (Å²) in [5.74, 6) is 0. The van der Waals surface area contributed by atoms with E-state index in [0.29, 0.717) is 6.04 Å². The van der Waals surface area contributed by atoms with Crippen LogP contribution in [0.5, 0.6) is 0 Å². The van der Waals surface area contributed by atoms with Gasteiger partial charge >= 0.3 is 0 Å². The molecule has 1 N–H and O–H groups in total. The van der Waals surface area contributed by atoms with Crippen LogP contribution in [0.2, 0.25) is 0 Å². The second-order valence-electron chi connectivity index (χ2n) is 4.36. The molecule has 1 unspecified atom stereocenters. The van der Waals surface area contributed by atoms with Crippen LogP contribution in [0.3, 0.4) is 0 Å². The van der Waals surface area contributed by atoms with Gasteiger partial charge in [0.05, 0.1) is 10.7 Å². The second-order valence-corrected chi connectivity index (χ2v) is 5.42. The number of aryl methyl sites for hydroxylation is 1. The molecule has 0 aliphatic heterocycles. The molecule has 1 atom stereocenters. The summed E-state index contributed by atoms with van der Waals surface area (Å²) >= 11 is 1.71. The molecule has 2 heterocycles. The van der Waals surface area contributed by atoms with Crippen LogP contribution in [0.15, 0.2) is 29.9 Å². The van der Waals surface area contributed by atoms with E-state index >= 15 is 0 Å². The van der Waals surface area contributed by atoms with E-state index in [0.717, 1.165) is 30.1 Å². The molecule has 4 heteroatoms. The molecule has 2 aromatic rings. The molecule has 2 rings (SSSR count). The summed E-state index contributed by atoms with van der Waals surface area (Å²) < 4.78 is 0. The summed E-state index contributed by atoms with van der Waals surface area (Å²) in [5.41, 5.74) is 2.39. The maximum atomic E-state index is 4.54. The van der Waals surface area contributed by atoms with E-state index in [-0.39, 0.29) is 0 Å². The second kappa shape index (κ2) is 6.61. The lowest BCUT2D eigenvalue weighted by atomic mass is 10.0. The van der Waals surface area contributed by atoms with Crippen LogP contribution in [0.1, 0.15) is 35.7 Å². The highest BCUT2D eigenvalue weighted by Crippen LogP contribution is 2.19. The van der Waals surface area contributed by atoms with E-state index < -0.39 is 0 Å². The summed E-state index contributed by atoms with van der Waals surface area (Å²) in [6.07, 6.45) is 5.81. The van der Waals surface area contributed by atoms with Gasteiger partial charge in [-0.25, -0.2) is 4.98 Å². The number of nitrogens with one attached hydrogen (secondary N) is 1. The molecule has 0 radical (unpaired) electrons. The normalized spacial score (nSPS) is 12.6. The molecule has 2 aromatic heterocycles. The third-order valence-corrected chi connectivity index (χ3v) is 3.63. The SMILES string of the molecule is CCCNC(Cc1csc(C)n1)c1cccnc1. The summed E-state index contributed by atoms with van der Waals surface area (Å²) in [6, 6.07) is 4.42. The van der Waals surface area contributed by atoms with Crippen molar-refractivity contribution in [1.29, 1.82) is 0 Å². The molecule has 96 valence electrons. The Labute approximate surface area is 112 Å². The third-order valence-electron chi connectivity index (χ3n) is 2.81. The van der Waals surface area contributed by atoms with Gasteiger partial charge in [0.25, 0.3) is 0 Å². The summed E-state index contributed by atoms with van der Waals surface area (Å²) in [4.78, 5) is 8.74. The van der Waals surface area contributed by atoms with E-state index in [1.165, 1.54) is 5.56 Å². The van der Waals surface area contributed by atoms with Crippen LogP contribution in [-0.4, -0.2) is 16.5 Å². The van der Waals surface area contributed by atoms with Gasteiger partial charge < -0.3 is 5.32 Å². The first-order valence-corrected chi connectivity index (χ1v) is 7.22. The van der Waals surface area contributed by atoms with Gasteiger partial charge in [-0.05, 0) is 31.5 Å². The predicted molar refractivity (Wildman–Crippen MR) is 75.8 cm³/mol. The largest absolute Gasteiger partial charge is 0.310 e. The quantitative estimate of drug-likeness (QED) is 0.868. The Balaban J connectivity index is 2.10. The monoisotopic (exact) mass is 261 g/mol.